The van der Waals surface area contributed by atoms with Crippen LogP contribution >= 0.6 is 11.3 Å². The molecular formula is C36H37N3O9S. The van der Waals surface area contributed by atoms with Crippen molar-refractivity contribution in [3.05, 3.63) is 108 Å². The number of thiazole rings is 1. The van der Waals surface area contributed by atoms with E-state index in [-0.39, 0.29) is 24.3 Å². The Morgan fingerprint density at radius 1 is 0.898 bits per heavy atom. The number of carbonyl (C=O) groups is 3. The molecule has 1 atom stereocenters. The van der Waals surface area contributed by atoms with E-state index in [1.807, 2.05) is 49.6 Å². The maximum absolute atomic E-state index is 14.3. The van der Waals surface area contributed by atoms with Crippen molar-refractivity contribution in [2.75, 3.05) is 34.0 Å². The summed E-state index contributed by atoms with van der Waals surface area (Å²) in [5, 5.41) is 0. The first-order chi connectivity index (χ1) is 23.5. The number of rotatable bonds is 11. The number of esters is 3. The van der Waals surface area contributed by atoms with Gasteiger partial charge in [-0.15, -0.1) is 0 Å². The first kappa shape index (κ1) is 34.9. The van der Waals surface area contributed by atoms with Crippen LogP contribution in [0.5, 0.6) is 11.5 Å². The molecule has 0 bridgehead atoms. The first-order valence-electron chi connectivity index (χ1n) is 15.6. The van der Waals surface area contributed by atoms with Gasteiger partial charge in [-0.3, -0.25) is 9.36 Å². The molecule has 13 heteroatoms. The van der Waals surface area contributed by atoms with Gasteiger partial charge in [-0.05, 0) is 94.3 Å². The van der Waals surface area contributed by atoms with Gasteiger partial charge in [0.15, 0.2) is 22.9 Å². The molecule has 1 aliphatic heterocycles. The van der Waals surface area contributed by atoms with Gasteiger partial charge in [-0.2, -0.15) is 0 Å². The van der Waals surface area contributed by atoms with Gasteiger partial charge in [0.1, 0.15) is 0 Å². The smallest absolute Gasteiger partial charge is 0.343 e. The fourth-order valence-corrected chi connectivity index (χ4v) is 6.76. The zero-order chi connectivity index (χ0) is 35.4. The molecule has 2 aromatic carbocycles. The molecule has 3 heterocycles. The summed E-state index contributed by atoms with van der Waals surface area (Å²) < 4.78 is 30.4. The number of hydrogen-bond acceptors (Lipinski definition) is 11. The number of hydrogen-bond donors (Lipinski definition) is 0. The molecule has 1 aliphatic rings. The van der Waals surface area contributed by atoms with E-state index in [0.29, 0.717) is 44.3 Å². The predicted molar refractivity (Wildman–Crippen MR) is 182 cm³/mol. The summed E-state index contributed by atoms with van der Waals surface area (Å²) in [6.45, 7) is 9.26. The Morgan fingerprint density at radius 2 is 1.63 bits per heavy atom. The zero-order valence-corrected chi connectivity index (χ0v) is 29.1. The largest absolute Gasteiger partial charge is 0.490 e. The van der Waals surface area contributed by atoms with Crippen LogP contribution in [-0.4, -0.2) is 61.1 Å². The Balaban J connectivity index is 1.63. The van der Waals surface area contributed by atoms with Gasteiger partial charge in [-0.1, -0.05) is 17.4 Å². The van der Waals surface area contributed by atoms with Crippen molar-refractivity contribution in [3.63, 3.8) is 0 Å². The summed E-state index contributed by atoms with van der Waals surface area (Å²) >= 11 is 1.22. The number of nitrogens with zero attached hydrogens (tertiary/aromatic N) is 3. The van der Waals surface area contributed by atoms with E-state index >= 15 is 0 Å². The number of aromatic nitrogens is 2. The van der Waals surface area contributed by atoms with Crippen molar-refractivity contribution in [2.45, 2.75) is 40.7 Å². The highest BCUT2D eigenvalue weighted by atomic mass is 32.1. The van der Waals surface area contributed by atoms with E-state index in [9.17, 15) is 19.2 Å². The SMILES string of the molecule is CCOC(=O)C1=C(C)N=c2s/c(=C\c3cc(C)n(-c4ccc(C(=O)OC)cc4)c3C)c(=O)n2[C@H]1c1ccc(OCC(=O)OC)c(OCC)c1. The third-order valence-electron chi connectivity index (χ3n) is 7.98. The summed E-state index contributed by atoms with van der Waals surface area (Å²) in [5.41, 5.74) is 4.81. The van der Waals surface area contributed by atoms with E-state index in [1.165, 1.54) is 30.1 Å². The van der Waals surface area contributed by atoms with Gasteiger partial charge in [0.05, 0.1) is 54.8 Å². The van der Waals surface area contributed by atoms with E-state index in [0.717, 1.165) is 22.6 Å². The van der Waals surface area contributed by atoms with Crippen LogP contribution in [0.1, 0.15) is 59.7 Å². The van der Waals surface area contributed by atoms with Gasteiger partial charge < -0.3 is 28.3 Å². The summed E-state index contributed by atoms with van der Waals surface area (Å²) in [5.74, 6) is -0.930. The lowest BCUT2D eigenvalue weighted by molar-refractivity contribution is -0.143. The average Bonchev–Trinajstić information content (AvgIpc) is 3.55. The second-order valence-electron chi connectivity index (χ2n) is 11.0. The topological polar surface area (TPSA) is 137 Å². The molecule has 0 radical (unpaired) electrons. The maximum atomic E-state index is 14.3. The fourth-order valence-electron chi connectivity index (χ4n) is 5.72. The highest BCUT2D eigenvalue weighted by Crippen LogP contribution is 2.36. The number of ether oxygens (including phenoxy) is 5. The quantitative estimate of drug-likeness (QED) is 0.170. The number of benzene rings is 2. The van der Waals surface area contributed by atoms with Gasteiger partial charge in [0, 0.05) is 17.1 Å². The van der Waals surface area contributed by atoms with Crippen LogP contribution in [0.4, 0.5) is 0 Å². The first-order valence-corrected chi connectivity index (χ1v) is 16.4. The van der Waals surface area contributed by atoms with Gasteiger partial charge in [-0.25, -0.2) is 19.4 Å². The fraction of sp³-hybridized carbons (Fsp3) is 0.306. The summed E-state index contributed by atoms with van der Waals surface area (Å²) in [6, 6.07) is 13.2. The minimum absolute atomic E-state index is 0.137. The van der Waals surface area contributed by atoms with Crippen LogP contribution in [-0.2, 0) is 23.8 Å². The Labute approximate surface area is 286 Å². The molecule has 5 rings (SSSR count). The molecule has 0 spiro atoms. The molecule has 0 saturated heterocycles. The lowest BCUT2D eigenvalue weighted by Crippen LogP contribution is -2.40. The molecule has 0 saturated carbocycles. The minimum Gasteiger partial charge on any atom is -0.490 e. The second-order valence-corrected chi connectivity index (χ2v) is 12.0. The number of allylic oxidation sites excluding steroid dienone is 1. The van der Waals surface area contributed by atoms with Crippen LogP contribution in [0.25, 0.3) is 11.8 Å². The van der Waals surface area contributed by atoms with Crippen molar-refractivity contribution in [1.29, 1.82) is 0 Å². The van der Waals surface area contributed by atoms with Crippen molar-refractivity contribution < 1.29 is 38.1 Å². The highest BCUT2D eigenvalue weighted by Gasteiger charge is 2.34. The Hall–Kier alpha value is -5.43. The Morgan fingerprint density at radius 3 is 2.29 bits per heavy atom. The lowest BCUT2D eigenvalue weighted by atomic mass is 9.95. The van der Waals surface area contributed by atoms with Gasteiger partial charge >= 0.3 is 17.9 Å². The predicted octanol–water partition coefficient (Wildman–Crippen LogP) is 3.94. The van der Waals surface area contributed by atoms with Gasteiger partial charge in [0.25, 0.3) is 5.56 Å². The van der Waals surface area contributed by atoms with Crippen LogP contribution in [0, 0.1) is 13.8 Å². The van der Waals surface area contributed by atoms with E-state index in [1.54, 1.807) is 44.2 Å². The third kappa shape index (κ3) is 6.93. The number of methoxy groups -OCH3 is 2. The molecule has 0 amide bonds. The second kappa shape index (κ2) is 14.8. The molecule has 256 valence electrons. The normalized spacial score (nSPS) is 14.2. The number of aryl methyl sites for hydroxylation is 1. The molecule has 0 N–H and O–H groups in total. The van der Waals surface area contributed by atoms with Crippen molar-refractivity contribution in [1.82, 2.24) is 9.13 Å². The van der Waals surface area contributed by atoms with Gasteiger partial charge in [0.2, 0.25) is 0 Å². The molecular weight excluding hydrogens is 650 g/mol. The van der Waals surface area contributed by atoms with Crippen molar-refractivity contribution in [3.8, 4) is 17.2 Å². The van der Waals surface area contributed by atoms with Crippen molar-refractivity contribution in [2.24, 2.45) is 4.99 Å². The van der Waals surface area contributed by atoms with E-state index in [4.69, 9.17) is 18.9 Å². The van der Waals surface area contributed by atoms with Crippen LogP contribution in [0.3, 0.4) is 0 Å². The molecule has 12 nitrogen and oxygen atoms in total. The molecule has 0 fully saturated rings. The van der Waals surface area contributed by atoms with Crippen molar-refractivity contribution >= 4 is 35.3 Å². The van der Waals surface area contributed by atoms with Crippen LogP contribution < -0.4 is 24.4 Å². The molecule has 0 aliphatic carbocycles. The number of fused-ring (bicyclic) bond motifs is 1. The maximum Gasteiger partial charge on any atom is 0.343 e. The molecule has 4 aromatic rings. The summed E-state index contributed by atoms with van der Waals surface area (Å²) in [7, 11) is 2.61. The average molecular weight is 688 g/mol. The molecule has 0 unspecified atom stereocenters. The highest BCUT2D eigenvalue weighted by molar-refractivity contribution is 7.07. The molecule has 49 heavy (non-hydrogen) atoms. The van der Waals surface area contributed by atoms with E-state index in [2.05, 4.69) is 9.73 Å². The summed E-state index contributed by atoms with van der Waals surface area (Å²) in [6.07, 6.45) is 1.82. The number of carbonyl (C=O) groups excluding carboxylic acids is 3. The standard InChI is InChI=1S/C36H37N3O9S/c1-8-46-28-17-24(12-15-27(28)48-19-30(40)44-6)32-31(35(43)47-9-2)21(4)37-36-39(32)33(41)29(49-36)18-25-16-20(3)38(22(25)5)26-13-10-23(11-14-26)34(42)45-7/h10-18,32H,8-9,19H2,1-7H3/b29-18-/t32-/m0/s1. The molecule has 2 aromatic heterocycles. The summed E-state index contributed by atoms with van der Waals surface area (Å²) in [4.78, 5) is 56.4. The van der Waals surface area contributed by atoms with Crippen LogP contribution in [0.15, 0.2) is 69.6 Å². The lowest BCUT2D eigenvalue weighted by Gasteiger charge is -2.25. The third-order valence-corrected chi connectivity index (χ3v) is 8.96. The Kier molecular flexibility index (Phi) is 10.5. The van der Waals surface area contributed by atoms with E-state index < -0.39 is 23.9 Å². The Bertz CT molecular complexity index is 2140. The monoisotopic (exact) mass is 687 g/mol. The minimum atomic E-state index is -0.882. The zero-order valence-electron chi connectivity index (χ0n) is 28.3. The van der Waals surface area contributed by atoms with Crippen LogP contribution in [0.2, 0.25) is 0 Å².